The molecule has 9 heteroatoms. The number of pyridine rings is 1. The average Bonchev–Trinajstić information content (AvgIpc) is 3.30. The van der Waals surface area contributed by atoms with Crippen LogP contribution in [0.25, 0.3) is 16.8 Å². The SMILES string of the molecule is CCCc1ccnc(NC(=O)c2ccc(-c3nc(C4CCCCN4C(=O)O)n4ccnc(C)c34)cc2)c1. The molecular weight excluding hydrogens is 468 g/mol. The molecule has 0 aliphatic carbocycles. The Morgan fingerprint density at radius 2 is 1.92 bits per heavy atom. The van der Waals surface area contributed by atoms with Gasteiger partial charge < -0.3 is 10.4 Å². The number of anilines is 1. The first-order valence-corrected chi connectivity index (χ1v) is 12.7. The van der Waals surface area contributed by atoms with E-state index in [9.17, 15) is 14.7 Å². The molecule has 1 aliphatic heterocycles. The lowest BCUT2D eigenvalue weighted by Crippen LogP contribution is -2.38. The Morgan fingerprint density at radius 1 is 1.11 bits per heavy atom. The van der Waals surface area contributed by atoms with E-state index in [-0.39, 0.29) is 11.9 Å². The van der Waals surface area contributed by atoms with Crippen molar-refractivity contribution in [2.24, 2.45) is 0 Å². The zero-order valence-corrected chi connectivity index (χ0v) is 21.0. The average molecular weight is 499 g/mol. The van der Waals surface area contributed by atoms with E-state index in [4.69, 9.17) is 4.98 Å². The molecule has 2 N–H and O–H groups in total. The fraction of sp³-hybridized carbons (Fsp3) is 0.321. The van der Waals surface area contributed by atoms with Gasteiger partial charge in [0.05, 0.1) is 22.9 Å². The number of piperidine rings is 1. The Labute approximate surface area is 215 Å². The van der Waals surface area contributed by atoms with Gasteiger partial charge in [0.2, 0.25) is 0 Å². The van der Waals surface area contributed by atoms with Crippen LogP contribution >= 0.6 is 0 Å². The molecule has 1 aliphatic rings. The quantitative estimate of drug-likeness (QED) is 0.362. The number of fused-ring (bicyclic) bond motifs is 1. The highest BCUT2D eigenvalue weighted by molar-refractivity contribution is 6.04. The first-order valence-electron chi connectivity index (χ1n) is 12.7. The van der Waals surface area contributed by atoms with Gasteiger partial charge in [0.15, 0.2) is 0 Å². The van der Waals surface area contributed by atoms with E-state index in [1.165, 1.54) is 4.90 Å². The predicted molar refractivity (Wildman–Crippen MR) is 141 cm³/mol. The molecular formula is C28H30N6O3. The molecule has 0 spiro atoms. The summed E-state index contributed by atoms with van der Waals surface area (Å²) in [4.78, 5) is 40.0. The minimum atomic E-state index is -0.932. The summed E-state index contributed by atoms with van der Waals surface area (Å²) in [5.41, 5.74) is 4.83. The number of likely N-dealkylation sites (tertiary alicyclic amines) is 1. The van der Waals surface area contributed by atoms with Crippen molar-refractivity contribution in [2.45, 2.75) is 52.0 Å². The number of carbonyl (C=O) groups excluding carboxylic acids is 1. The summed E-state index contributed by atoms with van der Waals surface area (Å²) in [5, 5.41) is 12.7. The van der Waals surface area contributed by atoms with Gasteiger partial charge in [0.1, 0.15) is 11.6 Å². The minimum Gasteiger partial charge on any atom is -0.465 e. The van der Waals surface area contributed by atoms with Crippen molar-refractivity contribution in [1.82, 2.24) is 24.3 Å². The molecule has 1 unspecified atom stereocenters. The van der Waals surface area contributed by atoms with E-state index >= 15 is 0 Å². The maximum Gasteiger partial charge on any atom is 0.407 e. The number of imidazole rings is 1. The summed E-state index contributed by atoms with van der Waals surface area (Å²) in [5.74, 6) is 0.986. The second-order valence-electron chi connectivity index (χ2n) is 9.37. The van der Waals surface area contributed by atoms with Gasteiger partial charge in [-0.15, -0.1) is 0 Å². The zero-order valence-electron chi connectivity index (χ0n) is 21.0. The third-order valence-corrected chi connectivity index (χ3v) is 6.84. The maximum atomic E-state index is 12.9. The summed E-state index contributed by atoms with van der Waals surface area (Å²) in [7, 11) is 0. The van der Waals surface area contributed by atoms with Crippen LogP contribution in [0, 0.1) is 6.92 Å². The van der Waals surface area contributed by atoms with Crippen molar-refractivity contribution in [3.63, 3.8) is 0 Å². The van der Waals surface area contributed by atoms with Crippen molar-refractivity contribution in [2.75, 3.05) is 11.9 Å². The smallest absolute Gasteiger partial charge is 0.407 e. The van der Waals surface area contributed by atoms with Gasteiger partial charge >= 0.3 is 6.09 Å². The molecule has 4 aromatic rings. The molecule has 0 bridgehead atoms. The topological polar surface area (TPSA) is 113 Å². The van der Waals surface area contributed by atoms with E-state index in [2.05, 4.69) is 22.2 Å². The third kappa shape index (κ3) is 4.89. The van der Waals surface area contributed by atoms with Crippen LogP contribution in [-0.4, -0.2) is 47.9 Å². The Morgan fingerprint density at radius 3 is 2.68 bits per heavy atom. The fourth-order valence-electron chi connectivity index (χ4n) is 5.04. The number of benzene rings is 1. The molecule has 9 nitrogen and oxygen atoms in total. The molecule has 1 fully saturated rings. The monoisotopic (exact) mass is 498 g/mol. The number of hydrogen-bond donors (Lipinski definition) is 2. The van der Waals surface area contributed by atoms with E-state index in [1.807, 2.05) is 41.8 Å². The van der Waals surface area contributed by atoms with E-state index in [0.717, 1.165) is 60.1 Å². The number of rotatable bonds is 6. The van der Waals surface area contributed by atoms with E-state index in [1.54, 1.807) is 24.5 Å². The minimum absolute atomic E-state index is 0.236. The van der Waals surface area contributed by atoms with Crippen molar-refractivity contribution in [3.05, 3.63) is 77.6 Å². The summed E-state index contributed by atoms with van der Waals surface area (Å²) in [6.07, 6.45) is 8.79. The highest BCUT2D eigenvalue weighted by Gasteiger charge is 2.32. The predicted octanol–water partition coefficient (Wildman–Crippen LogP) is 5.51. The van der Waals surface area contributed by atoms with Crippen molar-refractivity contribution >= 4 is 23.3 Å². The number of aryl methyl sites for hydroxylation is 2. The first kappa shape index (κ1) is 24.4. The van der Waals surface area contributed by atoms with Gasteiger partial charge in [-0.25, -0.2) is 14.8 Å². The summed E-state index contributed by atoms with van der Waals surface area (Å²) in [6, 6.07) is 10.8. The second-order valence-corrected chi connectivity index (χ2v) is 9.37. The molecule has 4 heterocycles. The summed E-state index contributed by atoms with van der Waals surface area (Å²) < 4.78 is 1.96. The van der Waals surface area contributed by atoms with Crippen LogP contribution in [0.1, 0.15) is 66.1 Å². The molecule has 0 saturated carbocycles. The van der Waals surface area contributed by atoms with Crippen LogP contribution in [0.5, 0.6) is 0 Å². The summed E-state index contributed by atoms with van der Waals surface area (Å²) >= 11 is 0. The normalized spacial score (nSPS) is 15.6. The number of nitrogens with zero attached hydrogens (tertiary/aromatic N) is 5. The van der Waals surface area contributed by atoms with Crippen LogP contribution in [0.15, 0.2) is 55.0 Å². The van der Waals surface area contributed by atoms with Crippen molar-refractivity contribution in [1.29, 1.82) is 0 Å². The van der Waals surface area contributed by atoms with Gasteiger partial charge in [-0.3, -0.25) is 19.1 Å². The molecule has 1 aromatic carbocycles. The Balaban J connectivity index is 1.46. The van der Waals surface area contributed by atoms with Crippen LogP contribution < -0.4 is 5.32 Å². The molecule has 190 valence electrons. The first-order chi connectivity index (χ1) is 18.0. The second kappa shape index (κ2) is 10.4. The van der Waals surface area contributed by atoms with Gasteiger partial charge in [-0.1, -0.05) is 25.5 Å². The lowest BCUT2D eigenvalue weighted by molar-refractivity contribution is 0.102. The fourth-order valence-corrected chi connectivity index (χ4v) is 5.04. The molecule has 0 radical (unpaired) electrons. The highest BCUT2D eigenvalue weighted by atomic mass is 16.4. The van der Waals surface area contributed by atoms with Gasteiger partial charge in [-0.2, -0.15) is 0 Å². The Kier molecular flexibility index (Phi) is 6.85. The van der Waals surface area contributed by atoms with Gasteiger partial charge in [0, 0.05) is 36.3 Å². The number of hydrogen-bond acceptors (Lipinski definition) is 5. The lowest BCUT2D eigenvalue weighted by atomic mass is 10.0. The van der Waals surface area contributed by atoms with Crippen LogP contribution in [-0.2, 0) is 6.42 Å². The largest absolute Gasteiger partial charge is 0.465 e. The van der Waals surface area contributed by atoms with Gasteiger partial charge in [-0.05, 0) is 62.4 Å². The number of carboxylic acid groups (broad SMARTS) is 1. The molecule has 1 saturated heterocycles. The number of nitrogens with one attached hydrogen (secondary N) is 1. The molecule has 3 aromatic heterocycles. The van der Waals surface area contributed by atoms with Crippen molar-refractivity contribution < 1.29 is 14.7 Å². The zero-order chi connectivity index (χ0) is 25.9. The maximum absolute atomic E-state index is 12.9. The molecule has 5 rings (SSSR count). The standard InChI is InChI=1S/C28H30N6O3/c1-3-6-19-12-13-30-23(17-19)31-27(35)21-10-8-20(9-11-21)24-25-18(2)29-14-16-34(25)26(32-24)22-7-4-5-15-33(22)28(36)37/h8-14,16-17,22H,3-7,15H2,1-2H3,(H,36,37)(H,30,31,35). The molecule has 37 heavy (non-hydrogen) atoms. The Bertz CT molecular complexity index is 1450. The Hall–Kier alpha value is -4.27. The van der Waals surface area contributed by atoms with Crippen LogP contribution in [0.2, 0.25) is 0 Å². The van der Waals surface area contributed by atoms with E-state index in [0.29, 0.717) is 23.8 Å². The highest BCUT2D eigenvalue weighted by Crippen LogP contribution is 2.35. The summed E-state index contributed by atoms with van der Waals surface area (Å²) in [6.45, 7) is 4.53. The number of aromatic nitrogens is 4. The van der Waals surface area contributed by atoms with Gasteiger partial charge in [0.25, 0.3) is 5.91 Å². The number of amides is 2. The molecule has 2 amide bonds. The number of carbonyl (C=O) groups is 2. The van der Waals surface area contributed by atoms with Crippen LogP contribution in [0.4, 0.5) is 10.6 Å². The van der Waals surface area contributed by atoms with Crippen molar-refractivity contribution in [3.8, 4) is 11.3 Å². The van der Waals surface area contributed by atoms with E-state index < -0.39 is 6.09 Å². The lowest BCUT2D eigenvalue weighted by Gasteiger charge is -2.32. The molecule has 1 atom stereocenters. The third-order valence-electron chi connectivity index (χ3n) is 6.84. The van der Waals surface area contributed by atoms with Crippen LogP contribution in [0.3, 0.4) is 0 Å².